The zero-order chi connectivity index (χ0) is 20.8. The second kappa shape index (κ2) is 9.58. The van der Waals surface area contributed by atoms with E-state index < -0.39 is 0 Å². The van der Waals surface area contributed by atoms with Crippen LogP contribution in [0.15, 0.2) is 53.4 Å². The Labute approximate surface area is 178 Å². The molecule has 0 bridgehead atoms. The molecule has 2 aromatic rings. The molecule has 1 aliphatic heterocycles. The van der Waals surface area contributed by atoms with E-state index in [-0.39, 0.29) is 36.3 Å². The highest BCUT2D eigenvalue weighted by Crippen LogP contribution is 2.32. The highest BCUT2D eigenvalue weighted by molar-refractivity contribution is 8.26. The summed E-state index contributed by atoms with van der Waals surface area (Å²) in [7, 11) is 0. The molecule has 0 aliphatic carbocycles. The first-order valence-electron chi connectivity index (χ1n) is 9.02. The molecule has 150 valence electrons. The molecule has 2 aromatic carbocycles. The fourth-order valence-electron chi connectivity index (χ4n) is 2.77. The van der Waals surface area contributed by atoms with E-state index in [1.54, 1.807) is 12.1 Å². The van der Waals surface area contributed by atoms with Crippen molar-refractivity contribution >= 4 is 46.2 Å². The molecule has 0 aromatic heterocycles. The molecule has 0 unspecified atom stereocenters. The topological polar surface area (TPSA) is 89.9 Å². The molecule has 8 heteroatoms. The molecule has 3 N–H and O–H groups in total. The van der Waals surface area contributed by atoms with Gasteiger partial charge in [-0.2, -0.15) is 0 Å². The average Bonchev–Trinajstić information content (AvgIpc) is 2.96. The molecule has 29 heavy (non-hydrogen) atoms. The number of phenolic OH excluding ortho intramolecular Hbond substituents is 2. The van der Waals surface area contributed by atoms with Gasteiger partial charge in [-0.3, -0.25) is 14.5 Å². The van der Waals surface area contributed by atoms with Crippen LogP contribution in [0.3, 0.4) is 0 Å². The van der Waals surface area contributed by atoms with E-state index in [0.717, 1.165) is 11.1 Å². The van der Waals surface area contributed by atoms with Crippen LogP contribution in [0.2, 0.25) is 0 Å². The van der Waals surface area contributed by atoms with Crippen molar-refractivity contribution in [3.8, 4) is 11.5 Å². The Morgan fingerprint density at radius 2 is 1.90 bits per heavy atom. The van der Waals surface area contributed by atoms with Crippen molar-refractivity contribution in [2.75, 3.05) is 13.1 Å². The Kier molecular flexibility index (Phi) is 6.90. The van der Waals surface area contributed by atoms with Gasteiger partial charge in [-0.15, -0.1) is 0 Å². The van der Waals surface area contributed by atoms with Crippen molar-refractivity contribution in [2.45, 2.75) is 12.8 Å². The van der Waals surface area contributed by atoms with Crippen LogP contribution in [0.1, 0.15) is 17.5 Å². The van der Waals surface area contributed by atoms with E-state index in [0.29, 0.717) is 22.2 Å². The summed E-state index contributed by atoms with van der Waals surface area (Å²) in [4.78, 5) is 26.7. The number of amides is 2. The van der Waals surface area contributed by atoms with Crippen LogP contribution in [0, 0.1) is 0 Å². The van der Waals surface area contributed by atoms with Crippen molar-refractivity contribution in [1.29, 1.82) is 0 Å². The summed E-state index contributed by atoms with van der Waals surface area (Å²) in [5.41, 5.74) is 1.72. The second-order valence-corrected chi connectivity index (χ2v) is 8.09. The number of nitrogens with zero attached hydrogens (tertiary/aromatic N) is 1. The lowest BCUT2D eigenvalue weighted by Crippen LogP contribution is -2.34. The van der Waals surface area contributed by atoms with Crippen molar-refractivity contribution in [2.24, 2.45) is 0 Å². The van der Waals surface area contributed by atoms with Gasteiger partial charge in [-0.05, 0) is 35.8 Å². The summed E-state index contributed by atoms with van der Waals surface area (Å²) >= 11 is 6.53. The molecule has 3 rings (SSSR count). The number of nitrogens with one attached hydrogen (secondary N) is 1. The Balaban J connectivity index is 1.47. The van der Waals surface area contributed by atoms with Gasteiger partial charge in [0.15, 0.2) is 11.5 Å². The number of thiocarbonyl (C=S) groups is 1. The molecule has 2 amide bonds. The molecule has 1 saturated heterocycles. The Morgan fingerprint density at radius 3 is 2.62 bits per heavy atom. The van der Waals surface area contributed by atoms with Gasteiger partial charge in [0.05, 0.1) is 4.91 Å². The number of benzene rings is 2. The maximum absolute atomic E-state index is 12.6. The summed E-state index contributed by atoms with van der Waals surface area (Å²) in [5.74, 6) is -0.736. The molecule has 0 radical (unpaired) electrons. The summed E-state index contributed by atoms with van der Waals surface area (Å²) in [6.45, 7) is 0.609. The second-order valence-electron chi connectivity index (χ2n) is 6.42. The molecular formula is C21H20N2O4S2. The lowest BCUT2D eigenvalue weighted by atomic mass is 10.1. The van der Waals surface area contributed by atoms with E-state index in [4.69, 9.17) is 12.2 Å². The van der Waals surface area contributed by atoms with E-state index in [2.05, 4.69) is 5.32 Å². The smallest absolute Gasteiger partial charge is 0.266 e. The first kappa shape index (κ1) is 20.9. The lowest BCUT2D eigenvalue weighted by Gasteiger charge is -2.14. The zero-order valence-corrected chi connectivity index (χ0v) is 17.1. The number of phenols is 2. The SMILES string of the molecule is O=C(CCN1C(=O)C(=Cc2ccccc2)SC1=S)NCCc1ccc(O)c(O)c1. The predicted molar refractivity (Wildman–Crippen MR) is 117 cm³/mol. The Hall–Kier alpha value is -2.84. The Morgan fingerprint density at radius 1 is 1.14 bits per heavy atom. The van der Waals surface area contributed by atoms with Crippen LogP contribution in [0.25, 0.3) is 6.08 Å². The van der Waals surface area contributed by atoms with Crippen molar-refractivity contribution in [3.05, 3.63) is 64.6 Å². The van der Waals surface area contributed by atoms with E-state index >= 15 is 0 Å². The third-order valence-corrected chi connectivity index (χ3v) is 5.69. The van der Waals surface area contributed by atoms with Gasteiger partial charge in [0.2, 0.25) is 5.91 Å². The third kappa shape index (κ3) is 5.58. The number of hydrogen-bond acceptors (Lipinski definition) is 6. The largest absolute Gasteiger partial charge is 0.504 e. The predicted octanol–water partition coefficient (Wildman–Crippen LogP) is 3.05. The normalized spacial score (nSPS) is 15.2. The number of aromatic hydroxyl groups is 2. The summed E-state index contributed by atoms with van der Waals surface area (Å²) in [6, 6.07) is 14.1. The number of carbonyl (C=O) groups excluding carboxylic acids is 2. The van der Waals surface area contributed by atoms with Crippen LogP contribution in [-0.4, -0.2) is 44.3 Å². The molecular weight excluding hydrogens is 408 g/mol. The van der Waals surface area contributed by atoms with E-state index in [1.165, 1.54) is 28.8 Å². The summed E-state index contributed by atoms with van der Waals surface area (Å²) < 4.78 is 0.449. The average molecular weight is 429 g/mol. The quantitative estimate of drug-likeness (QED) is 0.357. The monoisotopic (exact) mass is 428 g/mol. The minimum Gasteiger partial charge on any atom is -0.504 e. The third-order valence-electron chi connectivity index (χ3n) is 4.31. The van der Waals surface area contributed by atoms with Crippen LogP contribution in [0.5, 0.6) is 11.5 Å². The number of hydrogen-bond donors (Lipinski definition) is 3. The van der Waals surface area contributed by atoms with Crippen LogP contribution in [0.4, 0.5) is 0 Å². The van der Waals surface area contributed by atoms with Crippen molar-refractivity contribution < 1.29 is 19.8 Å². The van der Waals surface area contributed by atoms with Gasteiger partial charge in [-0.25, -0.2) is 0 Å². The fraction of sp³-hybridized carbons (Fsp3) is 0.190. The Bertz CT molecular complexity index is 960. The summed E-state index contributed by atoms with van der Waals surface area (Å²) in [5, 5.41) is 21.6. The number of carbonyl (C=O) groups is 2. The minimum absolute atomic E-state index is 0.145. The molecule has 0 atom stereocenters. The molecule has 0 saturated carbocycles. The number of rotatable bonds is 7. The molecule has 0 spiro atoms. The minimum atomic E-state index is -0.188. The van der Waals surface area contributed by atoms with Gasteiger partial charge < -0.3 is 15.5 Å². The maximum atomic E-state index is 12.6. The zero-order valence-electron chi connectivity index (χ0n) is 15.5. The lowest BCUT2D eigenvalue weighted by molar-refractivity contribution is -0.123. The van der Waals surface area contributed by atoms with Gasteiger partial charge >= 0.3 is 0 Å². The van der Waals surface area contributed by atoms with Crippen LogP contribution < -0.4 is 5.32 Å². The van der Waals surface area contributed by atoms with E-state index in [1.807, 2.05) is 30.3 Å². The molecule has 1 heterocycles. The standard InChI is InChI=1S/C21H20N2O4S2/c24-16-7-6-15(12-17(16)25)8-10-22-19(26)9-11-23-20(27)18(29-21(23)28)13-14-4-2-1-3-5-14/h1-7,12-13,24-25H,8-11H2,(H,22,26). The van der Waals surface area contributed by atoms with Gasteiger partial charge in [0.25, 0.3) is 5.91 Å². The van der Waals surface area contributed by atoms with Gasteiger partial charge in [-0.1, -0.05) is 60.4 Å². The van der Waals surface area contributed by atoms with Crippen LogP contribution in [-0.2, 0) is 16.0 Å². The fourth-order valence-corrected chi connectivity index (χ4v) is 4.07. The van der Waals surface area contributed by atoms with Crippen molar-refractivity contribution in [1.82, 2.24) is 10.2 Å². The first-order chi connectivity index (χ1) is 13.9. The molecule has 6 nitrogen and oxygen atoms in total. The highest BCUT2D eigenvalue weighted by Gasteiger charge is 2.31. The summed E-state index contributed by atoms with van der Waals surface area (Å²) in [6.07, 6.45) is 2.46. The first-order valence-corrected chi connectivity index (χ1v) is 10.2. The van der Waals surface area contributed by atoms with Crippen LogP contribution >= 0.6 is 24.0 Å². The van der Waals surface area contributed by atoms with Crippen molar-refractivity contribution in [3.63, 3.8) is 0 Å². The molecule has 1 aliphatic rings. The number of thioether (sulfide) groups is 1. The van der Waals surface area contributed by atoms with E-state index in [9.17, 15) is 19.8 Å². The maximum Gasteiger partial charge on any atom is 0.266 e. The molecule has 1 fully saturated rings. The highest BCUT2D eigenvalue weighted by atomic mass is 32.2. The van der Waals surface area contributed by atoms with Gasteiger partial charge in [0, 0.05) is 19.5 Å². The van der Waals surface area contributed by atoms with Gasteiger partial charge in [0.1, 0.15) is 4.32 Å².